The highest BCUT2D eigenvalue weighted by atomic mass is 19.1. The Morgan fingerprint density at radius 1 is 0.903 bits per heavy atom. The zero-order valence-corrected chi connectivity index (χ0v) is 17.2. The fourth-order valence-corrected chi connectivity index (χ4v) is 3.11. The number of benzene rings is 3. The predicted molar refractivity (Wildman–Crippen MR) is 115 cm³/mol. The second-order valence-electron chi connectivity index (χ2n) is 7.07. The van der Waals surface area contributed by atoms with Crippen LogP contribution in [0.2, 0.25) is 0 Å². The third-order valence-electron chi connectivity index (χ3n) is 4.69. The first kappa shape index (κ1) is 22.0. The van der Waals surface area contributed by atoms with Crippen molar-refractivity contribution in [1.82, 2.24) is 5.32 Å². The highest BCUT2D eigenvalue weighted by Crippen LogP contribution is 2.16. The molecule has 3 aromatic rings. The van der Waals surface area contributed by atoms with E-state index >= 15 is 0 Å². The largest absolute Gasteiger partial charge is 0.489 e. The van der Waals surface area contributed by atoms with Crippen molar-refractivity contribution in [3.8, 4) is 5.75 Å². The van der Waals surface area contributed by atoms with E-state index in [4.69, 9.17) is 9.47 Å². The van der Waals surface area contributed by atoms with Crippen LogP contribution in [-0.4, -0.2) is 25.0 Å². The molecule has 0 radical (unpaired) electrons. The molecule has 0 aliphatic rings. The van der Waals surface area contributed by atoms with Crippen LogP contribution in [0, 0.1) is 5.82 Å². The summed E-state index contributed by atoms with van der Waals surface area (Å²) in [5, 5.41) is 2.68. The molecular formula is C25H24FNO4. The van der Waals surface area contributed by atoms with Gasteiger partial charge in [-0.3, -0.25) is 4.79 Å². The first-order valence-electron chi connectivity index (χ1n) is 9.91. The molecule has 0 bridgehead atoms. The lowest BCUT2D eigenvalue weighted by atomic mass is 10.0. The highest BCUT2D eigenvalue weighted by molar-refractivity contribution is 5.85. The molecule has 0 heterocycles. The van der Waals surface area contributed by atoms with Gasteiger partial charge < -0.3 is 14.8 Å². The van der Waals surface area contributed by atoms with Gasteiger partial charge in [-0.2, -0.15) is 0 Å². The van der Waals surface area contributed by atoms with Crippen LogP contribution in [-0.2, 0) is 33.8 Å². The molecule has 0 saturated carbocycles. The number of hydrogen-bond acceptors (Lipinski definition) is 4. The van der Waals surface area contributed by atoms with E-state index in [1.165, 1.54) is 25.3 Å². The van der Waals surface area contributed by atoms with E-state index in [9.17, 15) is 14.0 Å². The lowest BCUT2D eigenvalue weighted by Crippen LogP contribution is -2.43. The summed E-state index contributed by atoms with van der Waals surface area (Å²) < 4.78 is 23.9. The van der Waals surface area contributed by atoms with Crippen LogP contribution >= 0.6 is 0 Å². The fourth-order valence-electron chi connectivity index (χ4n) is 3.11. The van der Waals surface area contributed by atoms with Crippen LogP contribution < -0.4 is 10.1 Å². The third kappa shape index (κ3) is 6.96. The lowest BCUT2D eigenvalue weighted by molar-refractivity contribution is -0.145. The van der Waals surface area contributed by atoms with Crippen molar-refractivity contribution in [1.29, 1.82) is 0 Å². The Balaban J connectivity index is 1.58. The molecule has 31 heavy (non-hydrogen) atoms. The number of esters is 1. The van der Waals surface area contributed by atoms with Crippen LogP contribution in [0.3, 0.4) is 0 Å². The topological polar surface area (TPSA) is 64.6 Å². The van der Waals surface area contributed by atoms with Gasteiger partial charge in [0.05, 0.1) is 13.5 Å². The van der Waals surface area contributed by atoms with Crippen LogP contribution in [0.1, 0.15) is 16.7 Å². The summed E-state index contributed by atoms with van der Waals surface area (Å²) in [5.74, 6) is -0.637. The minimum atomic E-state index is -0.845. The maximum Gasteiger partial charge on any atom is 0.328 e. The average molecular weight is 421 g/mol. The number of hydrogen-bond donors (Lipinski definition) is 1. The van der Waals surface area contributed by atoms with Crippen LogP contribution in [0.15, 0.2) is 78.9 Å². The second kappa shape index (κ2) is 10.9. The number of nitrogens with one attached hydrogen (secondary N) is 1. The Morgan fingerprint density at radius 2 is 1.61 bits per heavy atom. The summed E-state index contributed by atoms with van der Waals surface area (Å²) in [4.78, 5) is 24.5. The van der Waals surface area contributed by atoms with E-state index in [-0.39, 0.29) is 18.7 Å². The summed E-state index contributed by atoms with van der Waals surface area (Å²) >= 11 is 0. The Bertz CT molecular complexity index is 1010. The molecule has 1 amide bonds. The second-order valence-corrected chi connectivity index (χ2v) is 7.07. The minimum absolute atomic E-state index is 0.0302. The van der Waals surface area contributed by atoms with Gasteiger partial charge in [0.2, 0.25) is 5.91 Å². The molecular weight excluding hydrogens is 397 g/mol. The van der Waals surface area contributed by atoms with Crippen molar-refractivity contribution in [2.75, 3.05) is 7.11 Å². The van der Waals surface area contributed by atoms with Crippen molar-refractivity contribution in [2.45, 2.75) is 25.5 Å². The molecule has 0 unspecified atom stereocenters. The van der Waals surface area contributed by atoms with Gasteiger partial charge in [-0.15, -0.1) is 0 Å². The third-order valence-corrected chi connectivity index (χ3v) is 4.69. The summed E-state index contributed by atoms with van der Waals surface area (Å²) in [6.45, 7) is 0.459. The standard InChI is InChI=1S/C25H24FNO4/c1-30-25(29)23(27-24(28)16-20-8-5-9-21(26)14-20)15-18-10-12-22(13-11-18)31-17-19-6-3-2-4-7-19/h2-14,23H,15-17H2,1H3,(H,27,28)/t23-/m1/s1. The van der Waals surface area contributed by atoms with E-state index in [1.54, 1.807) is 6.07 Å². The van der Waals surface area contributed by atoms with Gasteiger partial charge in [-0.1, -0.05) is 54.6 Å². The molecule has 5 nitrogen and oxygen atoms in total. The number of rotatable bonds is 9. The van der Waals surface area contributed by atoms with Gasteiger partial charge in [0.1, 0.15) is 24.2 Å². The molecule has 3 aromatic carbocycles. The van der Waals surface area contributed by atoms with Gasteiger partial charge >= 0.3 is 5.97 Å². The molecule has 0 aromatic heterocycles. The van der Waals surface area contributed by atoms with Crippen LogP contribution in [0.4, 0.5) is 4.39 Å². The van der Waals surface area contributed by atoms with Gasteiger partial charge in [0, 0.05) is 6.42 Å². The van der Waals surface area contributed by atoms with Crippen molar-refractivity contribution in [3.05, 3.63) is 101 Å². The first-order chi connectivity index (χ1) is 15.0. The average Bonchev–Trinajstić information content (AvgIpc) is 2.78. The van der Waals surface area contributed by atoms with E-state index < -0.39 is 17.8 Å². The zero-order chi connectivity index (χ0) is 22.1. The van der Waals surface area contributed by atoms with Gasteiger partial charge in [0.25, 0.3) is 0 Å². The van der Waals surface area contributed by atoms with E-state index in [1.807, 2.05) is 54.6 Å². The number of carbonyl (C=O) groups is 2. The molecule has 0 spiro atoms. The van der Waals surface area contributed by atoms with Gasteiger partial charge in [-0.25, -0.2) is 9.18 Å². The van der Waals surface area contributed by atoms with Crippen LogP contribution in [0.25, 0.3) is 0 Å². The van der Waals surface area contributed by atoms with E-state index in [0.717, 1.165) is 11.1 Å². The number of carbonyl (C=O) groups excluding carboxylic acids is 2. The quantitative estimate of drug-likeness (QED) is 0.533. The normalized spacial score (nSPS) is 11.4. The molecule has 160 valence electrons. The van der Waals surface area contributed by atoms with Gasteiger partial charge in [-0.05, 0) is 41.0 Å². The molecule has 6 heteroatoms. The van der Waals surface area contributed by atoms with Crippen LogP contribution in [0.5, 0.6) is 5.75 Å². The van der Waals surface area contributed by atoms with E-state index in [0.29, 0.717) is 17.9 Å². The Kier molecular flexibility index (Phi) is 7.76. The molecule has 0 saturated heterocycles. The molecule has 3 rings (SSSR count). The zero-order valence-electron chi connectivity index (χ0n) is 17.2. The molecule has 0 fully saturated rings. The SMILES string of the molecule is COC(=O)[C@@H](Cc1ccc(OCc2ccccc2)cc1)NC(=O)Cc1cccc(F)c1. The maximum absolute atomic E-state index is 13.3. The summed E-state index contributed by atoms with van der Waals surface area (Å²) in [6.07, 6.45) is 0.234. The first-order valence-corrected chi connectivity index (χ1v) is 9.91. The molecule has 0 aliphatic carbocycles. The molecule has 1 atom stereocenters. The fraction of sp³-hybridized carbons (Fsp3) is 0.200. The Labute approximate surface area is 180 Å². The lowest BCUT2D eigenvalue weighted by Gasteiger charge is -2.17. The monoisotopic (exact) mass is 421 g/mol. The van der Waals surface area contributed by atoms with Crippen molar-refractivity contribution >= 4 is 11.9 Å². The number of methoxy groups -OCH3 is 1. The maximum atomic E-state index is 13.3. The molecule has 1 N–H and O–H groups in total. The Morgan fingerprint density at radius 3 is 2.29 bits per heavy atom. The van der Waals surface area contributed by atoms with Gasteiger partial charge in [0.15, 0.2) is 0 Å². The smallest absolute Gasteiger partial charge is 0.328 e. The van der Waals surface area contributed by atoms with E-state index in [2.05, 4.69) is 5.32 Å². The highest BCUT2D eigenvalue weighted by Gasteiger charge is 2.22. The summed E-state index contributed by atoms with van der Waals surface area (Å²) in [5.41, 5.74) is 2.44. The minimum Gasteiger partial charge on any atom is -0.489 e. The molecule has 0 aliphatic heterocycles. The van der Waals surface area contributed by atoms with Crippen molar-refractivity contribution in [3.63, 3.8) is 0 Å². The van der Waals surface area contributed by atoms with Crippen molar-refractivity contribution in [2.24, 2.45) is 0 Å². The predicted octanol–water partition coefficient (Wildman–Crippen LogP) is 3.85. The number of ether oxygens (including phenoxy) is 2. The number of amides is 1. The number of halogens is 1. The summed E-state index contributed by atoms with van der Waals surface area (Å²) in [6, 6.07) is 22.1. The van der Waals surface area contributed by atoms with Crippen molar-refractivity contribution < 1.29 is 23.5 Å². The Hall–Kier alpha value is -3.67. The summed E-state index contributed by atoms with van der Waals surface area (Å²) in [7, 11) is 1.27.